The van der Waals surface area contributed by atoms with Crippen LogP contribution in [0.2, 0.25) is 0 Å². The van der Waals surface area contributed by atoms with Crippen LogP contribution < -0.4 is 0 Å². The number of aliphatic imine (C=N–C) groups is 2. The Morgan fingerprint density at radius 2 is 1.32 bits per heavy atom. The molecule has 0 aromatic rings. The van der Waals surface area contributed by atoms with Crippen molar-refractivity contribution in [1.29, 1.82) is 0 Å². The highest BCUT2D eigenvalue weighted by Crippen LogP contribution is 2.50. The maximum atomic E-state index is 6.13. The summed E-state index contributed by atoms with van der Waals surface area (Å²) < 4.78 is 12.3. The second-order valence-corrected chi connectivity index (χ2v) is 9.23. The highest BCUT2D eigenvalue weighted by atomic mass is 16.5. The van der Waals surface area contributed by atoms with Crippen LogP contribution in [0.1, 0.15) is 62.3 Å². The minimum absolute atomic E-state index is 0.209. The van der Waals surface area contributed by atoms with E-state index in [1.165, 1.54) is 22.3 Å². The van der Waals surface area contributed by atoms with Gasteiger partial charge in [0.1, 0.15) is 18.6 Å². The van der Waals surface area contributed by atoms with Crippen LogP contribution in [-0.4, -0.2) is 36.1 Å². The molecular formula is C21H32N2O2. The summed E-state index contributed by atoms with van der Waals surface area (Å²) in [5.41, 5.74) is 4.44. The Balaban J connectivity index is 2.19. The predicted octanol–water partition coefficient (Wildman–Crippen LogP) is 4.71. The summed E-state index contributed by atoms with van der Waals surface area (Å²) in [5.74, 6) is 1.82. The Kier molecular flexibility index (Phi) is 3.98. The number of hydrogen-bond acceptors (Lipinski definition) is 4. The minimum atomic E-state index is -0.552. The predicted molar refractivity (Wildman–Crippen MR) is 103 cm³/mol. The molecule has 0 fully saturated rings. The van der Waals surface area contributed by atoms with Gasteiger partial charge in [0.25, 0.3) is 0 Å². The largest absolute Gasteiger partial charge is 0.477 e. The van der Waals surface area contributed by atoms with Gasteiger partial charge in [-0.05, 0) is 72.1 Å². The summed E-state index contributed by atoms with van der Waals surface area (Å²) in [5, 5.41) is 0. The zero-order valence-corrected chi connectivity index (χ0v) is 17.2. The number of rotatable bonds is 3. The molecule has 4 heteroatoms. The summed E-state index contributed by atoms with van der Waals surface area (Å²) in [6.07, 6.45) is 0. The van der Waals surface area contributed by atoms with Crippen LogP contribution in [0.3, 0.4) is 0 Å². The normalized spacial score (nSPS) is 28.1. The van der Waals surface area contributed by atoms with E-state index in [0.29, 0.717) is 19.1 Å². The van der Waals surface area contributed by atoms with Gasteiger partial charge in [0.2, 0.25) is 11.8 Å². The lowest BCUT2D eigenvalue weighted by molar-refractivity contribution is 0.240. The first-order valence-corrected chi connectivity index (χ1v) is 9.24. The lowest BCUT2D eigenvalue weighted by atomic mass is 9.74. The minimum Gasteiger partial charge on any atom is -0.477 e. The van der Waals surface area contributed by atoms with Crippen molar-refractivity contribution >= 4 is 11.8 Å². The zero-order chi connectivity index (χ0) is 18.8. The van der Waals surface area contributed by atoms with Crippen LogP contribution >= 0.6 is 0 Å². The van der Waals surface area contributed by atoms with Gasteiger partial charge in [-0.3, -0.25) is 0 Å². The molecule has 1 aliphatic carbocycles. The molecule has 0 saturated heterocycles. The standard InChI is InChI=1S/C21H32N2O2/c1-12-13(2)15(4)16(14(12)3)21(9,17-22-19(5,6)10-24-17)18-23-20(7,8)11-25-18/h14H,10-11H2,1-9H3/t14-/m0/s1. The molecule has 0 aromatic carbocycles. The van der Waals surface area contributed by atoms with Gasteiger partial charge >= 0.3 is 0 Å². The van der Waals surface area contributed by atoms with Crippen molar-refractivity contribution in [2.45, 2.75) is 73.4 Å². The Labute approximate surface area is 152 Å². The molecule has 0 bridgehead atoms. The maximum absolute atomic E-state index is 6.13. The third-order valence-corrected chi connectivity index (χ3v) is 5.97. The molecule has 3 aliphatic rings. The molecule has 0 saturated carbocycles. The van der Waals surface area contributed by atoms with Crippen molar-refractivity contribution in [2.24, 2.45) is 21.3 Å². The van der Waals surface area contributed by atoms with Crippen molar-refractivity contribution in [2.75, 3.05) is 13.2 Å². The highest BCUT2D eigenvalue weighted by Gasteiger charge is 2.53. The molecule has 0 amide bonds. The van der Waals surface area contributed by atoms with E-state index < -0.39 is 5.41 Å². The van der Waals surface area contributed by atoms with E-state index in [2.05, 4.69) is 62.3 Å². The van der Waals surface area contributed by atoms with E-state index in [1.807, 2.05) is 0 Å². The fourth-order valence-corrected chi connectivity index (χ4v) is 4.17. The second kappa shape index (κ2) is 5.46. The zero-order valence-electron chi connectivity index (χ0n) is 17.2. The molecule has 0 radical (unpaired) electrons. The Bertz CT molecular complexity index is 701. The fourth-order valence-electron chi connectivity index (χ4n) is 4.17. The monoisotopic (exact) mass is 344 g/mol. The van der Waals surface area contributed by atoms with Crippen molar-refractivity contribution < 1.29 is 9.47 Å². The molecule has 2 heterocycles. The van der Waals surface area contributed by atoms with Gasteiger partial charge in [0.15, 0.2) is 0 Å². The van der Waals surface area contributed by atoms with E-state index in [9.17, 15) is 0 Å². The first-order chi connectivity index (χ1) is 11.4. The van der Waals surface area contributed by atoms with Crippen LogP contribution in [0, 0.1) is 11.3 Å². The molecule has 25 heavy (non-hydrogen) atoms. The molecule has 0 spiro atoms. The third kappa shape index (κ3) is 2.74. The van der Waals surface area contributed by atoms with Gasteiger partial charge in [-0.2, -0.15) is 0 Å². The summed E-state index contributed by atoms with van der Waals surface area (Å²) in [4.78, 5) is 9.86. The van der Waals surface area contributed by atoms with E-state index in [-0.39, 0.29) is 11.1 Å². The Morgan fingerprint density at radius 3 is 1.60 bits per heavy atom. The topological polar surface area (TPSA) is 43.2 Å². The quantitative estimate of drug-likeness (QED) is 0.744. The molecule has 138 valence electrons. The first-order valence-electron chi connectivity index (χ1n) is 9.24. The Hall–Kier alpha value is -1.58. The van der Waals surface area contributed by atoms with E-state index in [4.69, 9.17) is 19.5 Å². The number of ether oxygens (including phenoxy) is 2. The fraction of sp³-hybridized carbons (Fsp3) is 0.714. The van der Waals surface area contributed by atoms with Gasteiger partial charge in [-0.25, -0.2) is 9.98 Å². The number of allylic oxidation sites excluding steroid dienone is 3. The van der Waals surface area contributed by atoms with E-state index in [1.54, 1.807) is 0 Å². The van der Waals surface area contributed by atoms with Crippen molar-refractivity contribution in [3.05, 3.63) is 22.3 Å². The van der Waals surface area contributed by atoms with Gasteiger partial charge in [0.05, 0.1) is 11.1 Å². The first kappa shape index (κ1) is 18.2. The molecule has 0 aromatic heterocycles. The molecule has 0 unspecified atom stereocenters. The number of hydrogen-bond donors (Lipinski definition) is 0. The van der Waals surface area contributed by atoms with Gasteiger partial charge in [0, 0.05) is 5.92 Å². The Morgan fingerprint density at radius 1 is 0.880 bits per heavy atom. The molecular weight excluding hydrogens is 312 g/mol. The number of nitrogens with zero attached hydrogens (tertiary/aromatic N) is 2. The molecule has 1 atom stereocenters. The molecule has 2 aliphatic heterocycles. The maximum Gasteiger partial charge on any atom is 0.203 e. The summed E-state index contributed by atoms with van der Waals surface area (Å²) >= 11 is 0. The van der Waals surface area contributed by atoms with Crippen LogP contribution in [0.5, 0.6) is 0 Å². The van der Waals surface area contributed by atoms with Gasteiger partial charge in [-0.15, -0.1) is 0 Å². The third-order valence-electron chi connectivity index (χ3n) is 5.97. The van der Waals surface area contributed by atoms with E-state index >= 15 is 0 Å². The smallest absolute Gasteiger partial charge is 0.203 e. The summed E-state index contributed by atoms with van der Waals surface area (Å²) in [6, 6.07) is 0. The van der Waals surface area contributed by atoms with Gasteiger partial charge in [-0.1, -0.05) is 12.5 Å². The lowest BCUT2D eigenvalue weighted by Gasteiger charge is -2.33. The van der Waals surface area contributed by atoms with Crippen LogP contribution in [0.4, 0.5) is 0 Å². The highest BCUT2D eigenvalue weighted by molar-refractivity contribution is 6.09. The molecule has 0 N–H and O–H groups in total. The van der Waals surface area contributed by atoms with Crippen molar-refractivity contribution in [3.63, 3.8) is 0 Å². The van der Waals surface area contributed by atoms with Crippen molar-refractivity contribution in [3.8, 4) is 0 Å². The lowest BCUT2D eigenvalue weighted by Crippen LogP contribution is -2.41. The van der Waals surface area contributed by atoms with Crippen LogP contribution in [-0.2, 0) is 9.47 Å². The molecule has 4 nitrogen and oxygen atoms in total. The van der Waals surface area contributed by atoms with Crippen LogP contribution in [0.25, 0.3) is 0 Å². The average molecular weight is 344 g/mol. The SMILES string of the molecule is CC1=C(C)[C@H](C)C(C(C)(C2=NC(C)(C)CO2)C2=NC(C)(C)CO2)=C1C. The second-order valence-electron chi connectivity index (χ2n) is 9.23. The van der Waals surface area contributed by atoms with Crippen LogP contribution in [0.15, 0.2) is 32.3 Å². The van der Waals surface area contributed by atoms with E-state index in [0.717, 1.165) is 11.8 Å². The summed E-state index contributed by atoms with van der Waals surface area (Å²) in [7, 11) is 0. The molecule has 3 rings (SSSR count). The average Bonchev–Trinajstić information content (AvgIpc) is 3.12. The van der Waals surface area contributed by atoms with Crippen molar-refractivity contribution in [1.82, 2.24) is 0 Å². The summed E-state index contributed by atoms with van der Waals surface area (Å²) in [6.45, 7) is 20.7. The van der Waals surface area contributed by atoms with Gasteiger partial charge < -0.3 is 9.47 Å².